The van der Waals surface area contributed by atoms with Gasteiger partial charge in [-0.1, -0.05) is 31.1 Å². The Kier molecular flexibility index (Phi) is 10.1. The van der Waals surface area contributed by atoms with Crippen LogP contribution < -0.4 is 15.4 Å². The molecule has 0 saturated heterocycles. The van der Waals surface area contributed by atoms with Crippen molar-refractivity contribution in [2.45, 2.75) is 46.7 Å². The molecule has 2 aromatic rings. The zero-order valence-corrected chi connectivity index (χ0v) is 18.3. The fourth-order valence-electron chi connectivity index (χ4n) is 2.63. The molecular weight excluding hydrogens is 443 g/mol. The highest BCUT2D eigenvalue weighted by atomic mass is 127. The minimum absolute atomic E-state index is 0. The molecule has 0 fully saturated rings. The molecule has 0 aliphatic rings. The summed E-state index contributed by atoms with van der Waals surface area (Å²) in [6.45, 7) is 8.12. The van der Waals surface area contributed by atoms with Crippen molar-refractivity contribution in [3.63, 3.8) is 0 Å². The first kappa shape index (κ1) is 22.3. The van der Waals surface area contributed by atoms with E-state index in [1.54, 1.807) is 7.05 Å². The zero-order chi connectivity index (χ0) is 18.1. The topological polar surface area (TPSA) is 71.7 Å². The summed E-state index contributed by atoms with van der Waals surface area (Å²) >= 11 is 0. The maximum absolute atomic E-state index is 5.54. The van der Waals surface area contributed by atoms with Crippen LogP contribution in [0.4, 0.5) is 0 Å². The van der Waals surface area contributed by atoms with E-state index < -0.39 is 0 Å². The van der Waals surface area contributed by atoms with Crippen molar-refractivity contribution in [1.29, 1.82) is 0 Å². The van der Waals surface area contributed by atoms with Crippen molar-refractivity contribution >= 4 is 29.9 Å². The van der Waals surface area contributed by atoms with Gasteiger partial charge in [-0.05, 0) is 31.0 Å². The second-order valence-electron chi connectivity index (χ2n) is 5.60. The molecule has 1 heterocycles. The molecule has 0 amide bonds. The van der Waals surface area contributed by atoms with E-state index in [1.165, 1.54) is 0 Å². The third-order valence-corrected chi connectivity index (χ3v) is 3.93. The van der Waals surface area contributed by atoms with Gasteiger partial charge in [0.2, 0.25) is 0 Å². The number of nitrogens with zero attached hydrogens (tertiary/aromatic N) is 2. The molecular formula is C19H29IN4O2. The van der Waals surface area contributed by atoms with Crippen LogP contribution in [0.3, 0.4) is 0 Å². The summed E-state index contributed by atoms with van der Waals surface area (Å²) in [5.41, 5.74) is 3.28. The van der Waals surface area contributed by atoms with Gasteiger partial charge in [-0.2, -0.15) is 0 Å². The lowest BCUT2D eigenvalue weighted by Crippen LogP contribution is -2.36. The van der Waals surface area contributed by atoms with Crippen LogP contribution in [-0.4, -0.2) is 24.8 Å². The van der Waals surface area contributed by atoms with Gasteiger partial charge in [0, 0.05) is 32.1 Å². The molecule has 0 atom stereocenters. The van der Waals surface area contributed by atoms with Gasteiger partial charge in [0.05, 0.1) is 12.3 Å². The second kappa shape index (κ2) is 11.8. The van der Waals surface area contributed by atoms with Crippen LogP contribution in [0.1, 0.15) is 43.4 Å². The van der Waals surface area contributed by atoms with Crippen molar-refractivity contribution in [2.24, 2.45) is 4.99 Å². The quantitative estimate of drug-likeness (QED) is 0.349. The molecule has 2 N–H and O–H groups in total. The van der Waals surface area contributed by atoms with Gasteiger partial charge in [0.1, 0.15) is 11.5 Å². The van der Waals surface area contributed by atoms with Gasteiger partial charge in [0.25, 0.3) is 0 Å². The molecule has 0 bridgehead atoms. The summed E-state index contributed by atoms with van der Waals surface area (Å²) in [5, 5.41) is 10.8. The van der Waals surface area contributed by atoms with Crippen molar-refractivity contribution < 1.29 is 9.26 Å². The third-order valence-electron chi connectivity index (χ3n) is 3.93. The van der Waals surface area contributed by atoms with Crippen LogP contribution in [0.5, 0.6) is 5.75 Å². The lowest BCUT2D eigenvalue weighted by Gasteiger charge is -2.13. The average Bonchev–Trinajstić information content (AvgIpc) is 3.04. The number of hydrogen-bond donors (Lipinski definition) is 2. The van der Waals surface area contributed by atoms with E-state index in [0.29, 0.717) is 19.7 Å². The number of rotatable bonds is 8. The number of guanidine groups is 1. The monoisotopic (exact) mass is 472 g/mol. The van der Waals surface area contributed by atoms with Crippen LogP contribution in [0, 0.1) is 0 Å². The summed E-state index contributed by atoms with van der Waals surface area (Å²) in [7, 11) is 1.76. The first-order chi connectivity index (χ1) is 12.2. The Balaban J connectivity index is 0.00000338. The SMILES string of the molecule is CCOc1cccc(CNC(=NC)NCc2c(CC)noc2CC)c1.I. The van der Waals surface area contributed by atoms with Gasteiger partial charge in [-0.25, -0.2) is 0 Å². The van der Waals surface area contributed by atoms with Crippen molar-refractivity contribution in [3.05, 3.63) is 46.8 Å². The lowest BCUT2D eigenvalue weighted by atomic mass is 10.1. The second-order valence-corrected chi connectivity index (χ2v) is 5.60. The molecule has 0 aliphatic heterocycles. The van der Waals surface area contributed by atoms with E-state index in [1.807, 2.05) is 25.1 Å². The molecule has 144 valence electrons. The smallest absolute Gasteiger partial charge is 0.191 e. The minimum Gasteiger partial charge on any atom is -0.494 e. The zero-order valence-electron chi connectivity index (χ0n) is 16.0. The van der Waals surface area contributed by atoms with Crippen LogP contribution in [-0.2, 0) is 25.9 Å². The predicted octanol–water partition coefficient (Wildman–Crippen LogP) is 3.68. The van der Waals surface area contributed by atoms with Crippen LogP contribution in [0.15, 0.2) is 33.8 Å². The molecule has 2 rings (SSSR count). The Labute approximate surface area is 172 Å². The van der Waals surface area contributed by atoms with Gasteiger partial charge in [-0.15, -0.1) is 24.0 Å². The van der Waals surface area contributed by atoms with Crippen molar-refractivity contribution in [1.82, 2.24) is 15.8 Å². The summed E-state index contributed by atoms with van der Waals surface area (Å²) < 4.78 is 10.9. The average molecular weight is 472 g/mol. The van der Waals surface area contributed by atoms with Crippen LogP contribution in [0.25, 0.3) is 0 Å². The molecule has 0 radical (unpaired) electrons. The van der Waals surface area contributed by atoms with Gasteiger partial charge < -0.3 is 19.9 Å². The maximum atomic E-state index is 5.54. The van der Waals surface area contributed by atoms with E-state index in [-0.39, 0.29) is 24.0 Å². The molecule has 0 spiro atoms. The van der Waals surface area contributed by atoms with Gasteiger partial charge >= 0.3 is 0 Å². The highest BCUT2D eigenvalue weighted by molar-refractivity contribution is 14.0. The van der Waals surface area contributed by atoms with E-state index >= 15 is 0 Å². The number of nitrogens with one attached hydrogen (secondary N) is 2. The normalized spacial score (nSPS) is 11.0. The Bertz CT molecular complexity index is 679. The number of hydrogen-bond acceptors (Lipinski definition) is 4. The maximum Gasteiger partial charge on any atom is 0.191 e. The fraction of sp³-hybridized carbons (Fsp3) is 0.474. The highest BCUT2D eigenvalue weighted by Crippen LogP contribution is 2.15. The largest absolute Gasteiger partial charge is 0.494 e. The summed E-state index contributed by atoms with van der Waals surface area (Å²) in [5.74, 6) is 2.56. The molecule has 0 aliphatic carbocycles. The van der Waals surface area contributed by atoms with Crippen molar-refractivity contribution in [3.8, 4) is 5.75 Å². The van der Waals surface area contributed by atoms with E-state index in [4.69, 9.17) is 9.26 Å². The summed E-state index contributed by atoms with van der Waals surface area (Å²) in [6.07, 6.45) is 1.69. The molecule has 6 nitrogen and oxygen atoms in total. The highest BCUT2D eigenvalue weighted by Gasteiger charge is 2.13. The summed E-state index contributed by atoms with van der Waals surface area (Å²) in [4.78, 5) is 4.28. The first-order valence-corrected chi connectivity index (χ1v) is 8.84. The number of aliphatic imine (C=N–C) groups is 1. The first-order valence-electron chi connectivity index (χ1n) is 8.84. The molecule has 0 unspecified atom stereocenters. The molecule has 0 saturated carbocycles. The van der Waals surface area contributed by atoms with Gasteiger partial charge in [0.15, 0.2) is 5.96 Å². The predicted molar refractivity (Wildman–Crippen MR) is 115 cm³/mol. The van der Waals surface area contributed by atoms with E-state index in [0.717, 1.165) is 47.1 Å². The van der Waals surface area contributed by atoms with Crippen molar-refractivity contribution in [2.75, 3.05) is 13.7 Å². The minimum atomic E-state index is 0. The van der Waals surface area contributed by atoms with Gasteiger partial charge in [-0.3, -0.25) is 4.99 Å². The summed E-state index contributed by atoms with van der Waals surface area (Å²) in [6, 6.07) is 8.06. The molecule has 26 heavy (non-hydrogen) atoms. The molecule has 1 aromatic heterocycles. The number of ether oxygens (including phenoxy) is 1. The Morgan fingerprint density at radius 1 is 1.15 bits per heavy atom. The number of aryl methyl sites for hydroxylation is 2. The Hall–Kier alpha value is -1.77. The Morgan fingerprint density at radius 3 is 2.58 bits per heavy atom. The van der Waals surface area contributed by atoms with Crippen LogP contribution in [0.2, 0.25) is 0 Å². The molecule has 7 heteroatoms. The Morgan fingerprint density at radius 2 is 1.92 bits per heavy atom. The van der Waals surface area contributed by atoms with E-state index in [2.05, 4.69) is 40.7 Å². The van der Waals surface area contributed by atoms with Crippen LogP contribution >= 0.6 is 24.0 Å². The fourth-order valence-corrected chi connectivity index (χ4v) is 2.63. The number of benzene rings is 1. The van der Waals surface area contributed by atoms with E-state index in [9.17, 15) is 0 Å². The molecule has 1 aromatic carbocycles. The number of aromatic nitrogens is 1. The number of halogens is 1. The standard InChI is InChI=1S/C19H28N4O2.HI/c1-5-17-16(18(6-2)25-23-17)13-22-19(20-4)21-12-14-9-8-10-15(11-14)24-7-3;/h8-11H,5-7,12-13H2,1-4H3,(H2,20,21,22);1H. The third kappa shape index (κ3) is 6.19. The lowest BCUT2D eigenvalue weighted by molar-refractivity contribution is 0.340.